The number of phenolic OH excluding ortho intramolecular Hbond substituents is 2. The second-order valence-electron chi connectivity index (χ2n) is 7.75. The van der Waals surface area contributed by atoms with Crippen molar-refractivity contribution < 1.29 is 49.3 Å². The van der Waals surface area contributed by atoms with E-state index in [1.807, 2.05) is 0 Å². The maximum absolute atomic E-state index is 12.5. The molecule has 0 radical (unpaired) electrons. The Bertz CT molecular complexity index is 974. The van der Waals surface area contributed by atoms with Gasteiger partial charge >= 0.3 is 5.97 Å². The van der Waals surface area contributed by atoms with Gasteiger partial charge in [0.1, 0.15) is 29.8 Å². The van der Waals surface area contributed by atoms with Crippen LogP contribution in [0.15, 0.2) is 42.5 Å². The highest BCUT2D eigenvalue weighted by molar-refractivity contribution is 5.89. The predicted octanol–water partition coefficient (Wildman–Crippen LogP) is 0.663. The largest absolute Gasteiger partial charge is 0.508 e. The Morgan fingerprint density at radius 2 is 1.73 bits per heavy atom. The summed E-state index contributed by atoms with van der Waals surface area (Å²) in [6.45, 7) is 0.821. The molecule has 33 heavy (non-hydrogen) atoms. The first-order chi connectivity index (χ1) is 15.7. The topological polar surface area (TPSA) is 163 Å². The number of aromatic hydroxyl groups is 2. The Kier molecular flexibility index (Phi) is 7.88. The van der Waals surface area contributed by atoms with Crippen LogP contribution < -0.4 is 4.74 Å². The summed E-state index contributed by atoms with van der Waals surface area (Å²) in [7, 11) is 0. The summed E-state index contributed by atoms with van der Waals surface area (Å²) in [4.78, 5) is 23.7. The van der Waals surface area contributed by atoms with Gasteiger partial charge < -0.3 is 44.5 Å². The maximum Gasteiger partial charge on any atom is 0.338 e. The van der Waals surface area contributed by atoms with Crippen molar-refractivity contribution >= 4 is 11.8 Å². The lowest BCUT2D eigenvalue weighted by molar-refractivity contribution is -0.276. The zero-order valence-corrected chi connectivity index (χ0v) is 17.8. The second-order valence-corrected chi connectivity index (χ2v) is 7.75. The molecule has 178 valence electrons. The highest BCUT2D eigenvalue weighted by Crippen LogP contribution is 2.32. The van der Waals surface area contributed by atoms with Gasteiger partial charge in [-0.25, -0.2) is 4.79 Å². The fourth-order valence-corrected chi connectivity index (χ4v) is 3.33. The molecule has 1 heterocycles. The number of aliphatic hydroxyl groups is 3. The van der Waals surface area contributed by atoms with Gasteiger partial charge in [0, 0.05) is 6.42 Å². The highest BCUT2D eigenvalue weighted by atomic mass is 16.7. The smallest absolute Gasteiger partial charge is 0.338 e. The van der Waals surface area contributed by atoms with Gasteiger partial charge in [0.2, 0.25) is 6.29 Å². The van der Waals surface area contributed by atoms with E-state index >= 15 is 0 Å². The third-order valence-electron chi connectivity index (χ3n) is 5.20. The number of hydrogen-bond acceptors (Lipinski definition) is 10. The first kappa shape index (κ1) is 24.5. The van der Waals surface area contributed by atoms with E-state index in [1.54, 1.807) is 6.07 Å². The van der Waals surface area contributed by atoms with E-state index in [0.717, 1.165) is 0 Å². The molecule has 5 unspecified atom stereocenters. The lowest BCUT2D eigenvalue weighted by Crippen LogP contribution is -2.61. The number of ether oxygens (including phenoxy) is 3. The number of aryl methyl sites for hydroxylation is 1. The molecule has 0 spiro atoms. The number of aliphatic hydroxyl groups excluding tert-OH is 3. The van der Waals surface area contributed by atoms with Crippen molar-refractivity contribution in [2.75, 3.05) is 6.61 Å². The predicted molar refractivity (Wildman–Crippen MR) is 113 cm³/mol. The Balaban J connectivity index is 1.80. The molecule has 1 saturated heterocycles. The molecular formula is C23H26O10. The average molecular weight is 462 g/mol. The van der Waals surface area contributed by atoms with Crippen LogP contribution in [0.25, 0.3) is 0 Å². The minimum absolute atomic E-state index is 0.00583. The van der Waals surface area contributed by atoms with Gasteiger partial charge in [-0.05, 0) is 55.3 Å². The number of ketones is 1. The summed E-state index contributed by atoms with van der Waals surface area (Å²) in [5.41, 5.74) is 0.758. The van der Waals surface area contributed by atoms with Crippen LogP contribution in [0.4, 0.5) is 0 Å². The third-order valence-corrected chi connectivity index (χ3v) is 5.20. The molecule has 0 amide bonds. The molecule has 1 aliphatic rings. The van der Waals surface area contributed by atoms with Crippen LogP contribution in [-0.2, 0) is 20.7 Å². The standard InChI is InChI=1S/C23H26O10/c1-12(25)2-3-13-4-9-17(16(27)10-13)31-23-21(20(29)19(28)18(11-24)32-23)33-22(30)14-5-7-15(26)8-6-14/h4-10,18-21,23-24,26-29H,2-3,11H2,1H3. The molecule has 1 fully saturated rings. The number of benzene rings is 2. The van der Waals surface area contributed by atoms with Crippen LogP contribution in [0.1, 0.15) is 29.3 Å². The third kappa shape index (κ3) is 5.99. The molecule has 10 nitrogen and oxygen atoms in total. The number of phenols is 2. The quantitative estimate of drug-likeness (QED) is 0.352. The summed E-state index contributed by atoms with van der Waals surface area (Å²) in [5, 5.41) is 49.9. The minimum Gasteiger partial charge on any atom is -0.508 e. The van der Waals surface area contributed by atoms with Crippen molar-refractivity contribution in [3.63, 3.8) is 0 Å². The number of carbonyl (C=O) groups is 2. The monoisotopic (exact) mass is 462 g/mol. The normalized spacial score (nSPS) is 24.8. The molecular weight excluding hydrogens is 436 g/mol. The average Bonchev–Trinajstić information content (AvgIpc) is 2.78. The lowest BCUT2D eigenvalue weighted by Gasteiger charge is -2.41. The van der Waals surface area contributed by atoms with E-state index in [1.165, 1.54) is 43.3 Å². The number of Topliss-reactive ketones (excluding diaryl/α,β-unsaturated/α-hetero) is 1. The number of hydrogen-bond donors (Lipinski definition) is 5. The SMILES string of the molecule is CC(=O)CCc1ccc(OC2OC(CO)C(O)C(O)C2OC(=O)c2ccc(O)cc2)c(O)c1. The van der Waals surface area contributed by atoms with E-state index in [4.69, 9.17) is 14.2 Å². The van der Waals surface area contributed by atoms with Crippen molar-refractivity contribution in [1.82, 2.24) is 0 Å². The second kappa shape index (κ2) is 10.6. The molecule has 2 aromatic rings. The van der Waals surface area contributed by atoms with Crippen LogP contribution >= 0.6 is 0 Å². The van der Waals surface area contributed by atoms with E-state index in [-0.39, 0.29) is 28.6 Å². The van der Waals surface area contributed by atoms with Gasteiger partial charge in [-0.3, -0.25) is 0 Å². The van der Waals surface area contributed by atoms with Crippen LogP contribution in [0.5, 0.6) is 17.2 Å². The van der Waals surface area contributed by atoms with Gasteiger partial charge in [0.15, 0.2) is 17.6 Å². The molecule has 1 aliphatic heterocycles. The number of carbonyl (C=O) groups excluding carboxylic acids is 2. The van der Waals surface area contributed by atoms with Crippen molar-refractivity contribution in [3.8, 4) is 17.2 Å². The number of rotatable bonds is 8. The van der Waals surface area contributed by atoms with E-state index in [2.05, 4.69) is 0 Å². The van der Waals surface area contributed by atoms with E-state index < -0.39 is 43.3 Å². The molecule has 3 rings (SSSR count). The summed E-state index contributed by atoms with van der Waals surface area (Å²) in [6.07, 6.45) is -6.73. The zero-order chi connectivity index (χ0) is 24.1. The van der Waals surface area contributed by atoms with Gasteiger partial charge in [-0.1, -0.05) is 6.07 Å². The van der Waals surface area contributed by atoms with Crippen LogP contribution in [0.3, 0.4) is 0 Å². The fourth-order valence-electron chi connectivity index (χ4n) is 3.33. The van der Waals surface area contributed by atoms with Crippen LogP contribution in [-0.4, -0.2) is 74.6 Å². The van der Waals surface area contributed by atoms with Gasteiger partial charge in [0.25, 0.3) is 0 Å². The first-order valence-corrected chi connectivity index (χ1v) is 10.3. The van der Waals surface area contributed by atoms with E-state index in [9.17, 15) is 35.1 Å². The van der Waals surface area contributed by atoms with Crippen LogP contribution in [0, 0.1) is 0 Å². The highest BCUT2D eigenvalue weighted by Gasteiger charge is 2.48. The Hall–Kier alpha value is -3.18. The van der Waals surface area contributed by atoms with Crippen molar-refractivity contribution in [2.24, 2.45) is 0 Å². The van der Waals surface area contributed by atoms with Gasteiger partial charge in [-0.15, -0.1) is 0 Å². The molecule has 0 bridgehead atoms. The Morgan fingerprint density at radius 3 is 2.33 bits per heavy atom. The maximum atomic E-state index is 12.5. The van der Waals surface area contributed by atoms with Crippen LogP contribution in [0.2, 0.25) is 0 Å². The molecule has 0 aromatic heterocycles. The number of esters is 1. The van der Waals surface area contributed by atoms with Crippen molar-refractivity contribution in [1.29, 1.82) is 0 Å². The zero-order valence-electron chi connectivity index (χ0n) is 17.8. The Morgan fingerprint density at radius 1 is 1.03 bits per heavy atom. The van der Waals surface area contributed by atoms with Gasteiger partial charge in [-0.2, -0.15) is 0 Å². The summed E-state index contributed by atoms with van der Waals surface area (Å²) in [5.74, 6) is -1.26. The summed E-state index contributed by atoms with van der Waals surface area (Å²) < 4.78 is 16.5. The summed E-state index contributed by atoms with van der Waals surface area (Å²) >= 11 is 0. The molecule has 0 aliphatic carbocycles. The first-order valence-electron chi connectivity index (χ1n) is 10.3. The molecule has 0 saturated carbocycles. The van der Waals surface area contributed by atoms with Gasteiger partial charge in [0.05, 0.1) is 12.2 Å². The minimum atomic E-state index is -1.67. The molecule has 2 aromatic carbocycles. The fraction of sp³-hybridized carbons (Fsp3) is 0.391. The molecule has 5 atom stereocenters. The van der Waals surface area contributed by atoms with Crippen molar-refractivity contribution in [3.05, 3.63) is 53.6 Å². The van der Waals surface area contributed by atoms with E-state index in [0.29, 0.717) is 18.4 Å². The summed E-state index contributed by atoms with van der Waals surface area (Å²) in [6, 6.07) is 9.64. The van der Waals surface area contributed by atoms with Crippen molar-refractivity contribution in [2.45, 2.75) is 50.5 Å². The molecule has 10 heteroatoms. The molecule has 5 N–H and O–H groups in total. The Labute approximate surface area is 189 Å². The lowest BCUT2D eigenvalue weighted by atomic mass is 9.99.